The Kier molecular flexibility index (Phi) is 6.61. The third kappa shape index (κ3) is 4.92. The zero-order valence-electron chi connectivity index (χ0n) is 17.7. The standard InChI is InChI=1S/C25H18ClN5O3/c1-27-16-10-12-17(13-11-16)30-31-22-18-7-3-2-6-15(18)14-19(23(22)32)24(33)29-25(34)28-21-9-5-4-8-20(21)26/h2-14,32H,1H2,(H2,28,29,33,34). The Labute approximate surface area is 199 Å². The van der Waals surface area contributed by atoms with Crippen LogP contribution in [-0.4, -0.2) is 23.8 Å². The third-order valence-electron chi connectivity index (χ3n) is 4.89. The minimum atomic E-state index is -0.814. The van der Waals surface area contributed by atoms with Crippen molar-refractivity contribution in [1.82, 2.24) is 5.32 Å². The molecule has 0 spiro atoms. The number of halogens is 1. The molecule has 0 saturated heterocycles. The fourth-order valence-corrected chi connectivity index (χ4v) is 3.39. The van der Waals surface area contributed by atoms with E-state index in [9.17, 15) is 14.7 Å². The molecule has 0 aliphatic heterocycles. The number of fused-ring (bicyclic) bond motifs is 1. The number of para-hydroxylation sites is 1. The van der Waals surface area contributed by atoms with Crippen molar-refractivity contribution >= 4 is 63.8 Å². The van der Waals surface area contributed by atoms with Crippen molar-refractivity contribution in [2.24, 2.45) is 15.2 Å². The number of phenolic OH excluding ortho intramolecular Hbond substituents is 1. The van der Waals surface area contributed by atoms with Crippen LogP contribution in [0.1, 0.15) is 10.4 Å². The lowest BCUT2D eigenvalue weighted by molar-refractivity contribution is 0.0964. The van der Waals surface area contributed by atoms with E-state index >= 15 is 0 Å². The van der Waals surface area contributed by atoms with E-state index in [4.69, 9.17) is 11.6 Å². The van der Waals surface area contributed by atoms with Crippen LogP contribution >= 0.6 is 11.6 Å². The summed E-state index contributed by atoms with van der Waals surface area (Å²) in [4.78, 5) is 29.0. The van der Waals surface area contributed by atoms with Crippen molar-refractivity contribution in [2.75, 3.05) is 5.32 Å². The van der Waals surface area contributed by atoms with E-state index in [1.807, 2.05) is 0 Å². The monoisotopic (exact) mass is 471 g/mol. The average molecular weight is 472 g/mol. The Morgan fingerprint density at radius 2 is 1.56 bits per heavy atom. The first-order chi connectivity index (χ1) is 16.5. The lowest BCUT2D eigenvalue weighted by Crippen LogP contribution is -2.34. The highest BCUT2D eigenvalue weighted by molar-refractivity contribution is 6.33. The molecule has 0 atom stereocenters. The number of rotatable bonds is 5. The van der Waals surface area contributed by atoms with Crippen LogP contribution in [0.15, 0.2) is 94.1 Å². The number of hydrogen-bond donors (Lipinski definition) is 3. The summed E-state index contributed by atoms with van der Waals surface area (Å²) in [6.45, 7) is 3.46. The van der Waals surface area contributed by atoms with Crippen molar-refractivity contribution in [3.05, 3.63) is 89.4 Å². The minimum Gasteiger partial charge on any atom is -0.505 e. The molecule has 3 amide bonds. The first-order valence-electron chi connectivity index (χ1n) is 10.1. The number of carbonyl (C=O) groups excluding carboxylic acids is 2. The van der Waals surface area contributed by atoms with Gasteiger partial charge in [-0.05, 0) is 54.6 Å². The Balaban J connectivity index is 1.65. The minimum absolute atomic E-state index is 0.0979. The zero-order chi connectivity index (χ0) is 24.1. The number of anilines is 1. The van der Waals surface area contributed by atoms with Crippen molar-refractivity contribution in [3.8, 4) is 5.75 Å². The van der Waals surface area contributed by atoms with Crippen LogP contribution in [0.25, 0.3) is 10.8 Å². The normalized spacial score (nSPS) is 10.9. The maximum Gasteiger partial charge on any atom is 0.326 e. The number of hydrogen-bond acceptors (Lipinski definition) is 6. The molecule has 0 aromatic heterocycles. The maximum atomic E-state index is 12.8. The number of aliphatic imine (C=N–C) groups is 1. The number of benzene rings is 4. The molecule has 0 radical (unpaired) electrons. The molecule has 0 saturated carbocycles. The van der Waals surface area contributed by atoms with Gasteiger partial charge in [-0.2, -0.15) is 5.11 Å². The summed E-state index contributed by atoms with van der Waals surface area (Å²) in [5.41, 5.74) is 1.50. The van der Waals surface area contributed by atoms with E-state index in [2.05, 4.69) is 32.6 Å². The Morgan fingerprint density at radius 1 is 0.882 bits per heavy atom. The first kappa shape index (κ1) is 22.6. The lowest BCUT2D eigenvalue weighted by atomic mass is 10.0. The fraction of sp³-hybridized carbons (Fsp3) is 0. The van der Waals surface area contributed by atoms with Crippen LogP contribution in [-0.2, 0) is 0 Å². The molecule has 4 aromatic carbocycles. The largest absolute Gasteiger partial charge is 0.505 e. The summed E-state index contributed by atoms with van der Waals surface area (Å²) < 4.78 is 0. The van der Waals surface area contributed by atoms with Gasteiger partial charge in [-0.25, -0.2) is 4.79 Å². The highest BCUT2D eigenvalue weighted by Gasteiger charge is 2.20. The molecule has 9 heteroatoms. The molecule has 0 bridgehead atoms. The predicted molar refractivity (Wildman–Crippen MR) is 133 cm³/mol. The average Bonchev–Trinajstić information content (AvgIpc) is 2.84. The second-order valence-electron chi connectivity index (χ2n) is 7.11. The van der Waals surface area contributed by atoms with Gasteiger partial charge in [0.05, 0.1) is 27.6 Å². The van der Waals surface area contributed by atoms with Crippen molar-refractivity contribution in [1.29, 1.82) is 0 Å². The molecule has 0 fully saturated rings. The Morgan fingerprint density at radius 3 is 2.29 bits per heavy atom. The second-order valence-corrected chi connectivity index (χ2v) is 7.51. The van der Waals surface area contributed by atoms with Crippen LogP contribution < -0.4 is 10.6 Å². The molecule has 0 aliphatic carbocycles. The van der Waals surface area contributed by atoms with Gasteiger partial charge in [-0.15, -0.1) is 5.11 Å². The van der Waals surface area contributed by atoms with E-state index < -0.39 is 17.7 Å². The molecule has 4 aromatic rings. The number of azo groups is 1. The second kappa shape index (κ2) is 9.93. The molecule has 4 rings (SSSR count). The number of carbonyl (C=O) groups is 2. The van der Waals surface area contributed by atoms with E-state index in [1.165, 1.54) is 6.07 Å². The highest BCUT2D eigenvalue weighted by Crippen LogP contribution is 2.39. The van der Waals surface area contributed by atoms with E-state index in [0.29, 0.717) is 32.9 Å². The third-order valence-corrected chi connectivity index (χ3v) is 5.22. The van der Waals surface area contributed by atoms with Gasteiger partial charge in [-0.3, -0.25) is 15.1 Å². The van der Waals surface area contributed by atoms with E-state index in [-0.39, 0.29) is 11.3 Å². The van der Waals surface area contributed by atoms with E-state index in [1.54, 1.807) is 72.8 Å². The Bertz CT molecular complexity index is 1430. The highest BCUT2D eigenvalue weighted by atomic mass is 35.5. The molecule has 0 heterocycles. The summed E-state index contributed by atoms with van der Waals surface area (Å²) in [6, 6.07) is 21.2. The van der Waals surface area contributed by atoms with Crippen LogP contribution in [0, 0.1) is 0 Å². The number of phenols is 1. The lowest BCUT2D eigenvalue weighted by Gasteiger charge is -2.11. The van der Waals surface area contributed by atoms with Crippen LogP contribution in [0.3, 0.4) is 0 Å². The molecular weight excluding hydrogens is 454 g/mol. The van der Waals surface area contributed by atoms with E-state index in [0.717, 1.165) is 0 Å². The molecule has 8 nitrogen and oxygen atoms in total. The summed E-state index contributed by atoms with van der Waals surface area (Å²) in [5.74, 6) is -1.22. The van der Waals surface area contributed by atoms with Crippen molar-refractivity contribution in [3.63, 3.8) is 0 Å². The van der Waals surface area contributed by atoms with Gasteiger partial charge < -0.3 is 10.4 Å². The number of nitrogens with one attached hydrogen (secondary N) is 2. The van der Waals surface area contributed by atoms with Crippen molar-refractivity contribution < 1.29 is 14.7 Å². The molecule has 0 aliphatic rings. The van der Waals surface area contributed by atoms with Gasteiger partial charge in [0.15, 0.2) is 5.75 Å². The van der Waals surface area contributed by atoms with Gasteiger partial charge in [0.1, 0.15) is 5.69 Å². The van der Waals surface area contributed by atoms with Gasteiger partial charge in [0.2, 0.25) is 0 Å². The van der Waals surface area contributed by atoms with Crippen LogP contribution in [0.2, 0.25) is 5.02 Å². The molecular formula is C25H18ClN5O3. The first-order valence-corrected chi connectivity index (χ1v) is 10.4. The SMILES string of the molecule is C=Nc1ccc(N=Nc2c(O)c(C(=O)NC(=O)Nc3ccccc3Cl)cc3ccccc23)cc1. The maximum absolute atomic E-state index is 12.8. The van der Waals surface area contributed by atoms with Gasteiger partial charge in [0.25, 0.3) is 5.91 Å². The van der Waals surface area contributed by atoms with Crippen LogP contribution in [0.4, 0.5) is 27.5 Å². The molecule has 34 heavy (non-hydrogen) atoms. The summed E-state index contributed by atoms with van der Waals surface area (Å²) in [7, 11) is 0. The van der Waals surface area contributed by atoms with Gasteiger partial charge in [-0.1, -0.05) is 48.0 Å². The van der Waals surface area contributed by atoms with Gasteiger partial charge in [0, 0.05) is 5.39 Å². The summed E-state index contributed by atoms with van der Waals surface area (Å²) in [6.07, 6.45) is 0. The fourth-order valence-electron chi connectivity index (χ4n) is 3.21. The zero-order valence-corrected chi connectivity index (χ0v) is 18.5. The molecule has 3 N–H and O–H groups in total. The quantitative estimate of drug-likeness (QED) is 0.217. The number of amides is 3. The number of imide groups is 1. The van der Waals surface area contributed by atoms with Crippen LogP contribution in [0.5, 0.6) is 5.75 Å². The number of urea groups is 1. The molecule has 168 valence electrons. The summed E-state index contributed by atoms with van der Waals surface area (Å²) >= 11 is 6.04. The smallest absolute Gasteiger partial charge is 0.326 e. The number of aromatic hydroxyl groups is 1. The Hall–Kier alpha value is -4.56. The predicted octanol–water partition coefficient (Wildman–Crippen LogP) is 6.91. The van der Waals surface area contributed by atoms with Gasteiger partial charge >= 0.3 is 6.03 Å². The molecule has 0 unspecified atom stereocenters. The van der Waals surface area contributed by atoms with Crippen molar-refractivity contribution in [2.45, 2.75) is 0 Å². The summed E-state index contributed by atoms with van der Waals surface area (Å²) in [5, 5.41) is 25.5. The number of nitrogens with zero attached hydrogens (tertiary/aromatic N) is 3. The topological polar surface area (TPSA) is 116 Å².